The molecule has 1 aliphatic heterocycles. The minimum Gasteiger partial charge on any atom is -0.495 e. The molecule has 1 aliphatic rings. The van der Waals surface area contributed by atoms with Gasteiger partial charge in [0.2, 0.25) is 10.0 Å². The quantitative estimate of drug-likeness (QED) is 0.828. The maximum absolute atomic E-state index is 13.2. The molecule has 0 spiro atoms. The number of aryl methyl sites for hydroxylation is 1. The molecule has 7 heteroatoms. The van der Waals surface area contributed by atoms with E-state index in [0.29, 0.717) is 12.3 Å². The normalized spacial score (nSPS) is 19.4. The molecule has 0 radical (unpaired) electrons. The number of hydrogen-bond donors (Lipinski definition) is 0. The Kier molecular flexibility index (Phi) is 4.94. The maximum Gasteiger partial charge on any atom is 0.247 e. The summed E-state index contributed by atoms with van der Waals surface area (Å²) in [5.74, 6) is 0.378. The molecule has 1 fully saturated rings. The molecule has 130 valence electrons. The number of thiazole rings is 1. The molecule has 0 bridgehead atoms. The minimum absolute atomic E-state index is 0.0126. The van der Waals surface area contributed by atoms with Gasteiger partial charge in [0, 0.05) is 23.5 Å². The number of rotatable bonds is 4. The molecule has 1 aromatic heterocycles. The van der Waals surface area contributed by atoms with Gasteiger partial charge in [0.1, 0.15) is 10.6 Å². The summed E-state index contributed by atoms with van der Waals surface area (Å²) in [5, 5.41) is 2.90. The summed E-state index contributed by atoms with van der Waals surface area (Å²) in [6.45, 7) is 4.47. The molecule has 1 saturated heterocycles. The van der Waals surface area contributed by atoms with Crippen LogP contribution < -0.4 is 4.74 Å². The first-order valence-electron chi connectivity index (χ1n) is 8.06. The van der Waals surface area contributed by atoms with Crippen LogP contribution in [-0.4, -0.2) is 37.4 Å². The predicted octanol–water partition coefficient (Wildman–Crippen LogP) is 3.69. The monoisotopic (exact) mass is 366 g/mol. The molecule has 1 aromatic carbocycles. The molecule has 3 rings (SSSR count). The van der Waals surface area contributed by atoms with Crippen molar-refractivity contribution in [3.05, 3.63) is 28.6 Å². The number of piperidine rings is 1. The number of ether oxygens (including phenoxy) is 1. The first-order chi connectivity index (χ1) is 11.4. The van der Waals surface area contributed by atoms with Crippen LogP contribution in [-0.2, 0) is 10.0 Å². The second kappa shape index (κ2) is 6.82. The zero-order valence-electron chi connectivity index (χ0n) is 14.2. The second-order valence-corrected chi connectivity index (χ2v) is 9.00. The van der Waals surface area contributed by atoms with Crippen molar-refractivity contribution in [2.45, 2.75) is 44.0 Å². The lowest BCUT2D eigenvalue weighted by molar-refractivity contribution is 0.267. The lowest BCUT2D eigenvalue weighted by Crippen LogP contribution is -2.42. The van der Waals surface area contributed by atoms with Crippen molar-refractivity contribution in [3.63, 3.8) is 0 Å². The van der Waals surface area contributed by atoms with Gasteiger partial charge in [-0.1, -0.05) is 6.42 Å². The first-order valence-corrected chi connectivity index (χ1v) is 10.4. The number of methoxy groups -OCH3 is 1. The fourth-order valence-corrected chi connectivity index (χ4v) is 5.59. The van der Waals surface area contributed by atoms with Gasteiger partial charge in [-0.2, -0.15) is 4.31 Å². The van der Waals surface area contributed by atoms with Crippen LogP contribution >= 0.6 is 11.3 Å². The maximum atomic E-state index is 13.2. The van der Waals surface area contributed by atoms with Crippen LogP contribution in [0.5, 0.6) is 5.75 Å². The number of aromatic nitrogens is 1. The van der Waals surface area contributed by atoms with Crippen LogP contribution in [0.2, 0.25) is 0 Å². The fraction of sp³-hybridized carbons (Fsp3) is 0.471. The van der Waals surface area contributed by atoms with Gasteiger partial charge in [-0.05, 0) is 44.9 Å². The van der Waals surface area contributed by atoms with E-state index < -0.39 is 10.0 Å². The first kappa shape index (κ1) is 17.4. The highest BCUT2D eigenvalue weighted by atomic mass is 32.2. The lowest BCUT2D eigenvalue weighted by atomic mass is 10.1. The molecule has 5 nitrogen and oxygen atoms in total. The largest absolute Gasteiger partial charge is 0.495 e. The Labute approximate surface area is 147 Å². The van der Waals surface area contributed by atoms with E-state index in [1.807, 2.05) is 25.3 Å². The average Bonchev–Trinajstić information content (AvgIpc) is 3.01. The molecule has 0 N–H and O–H groups in total. The third-order valence-corrected chi connectivity index (χ3v) is 7.22. The summed E-state index contributed by atoms with van der Waals surface area (Å²) in [4.78, 5) is 4.68. The molecule has 1 atom stereocenters. The summed E-state index contributed by atoms with van der Waals surface area (Å²) < 4.78 is 33.3. The Balaban J connectivity index is 2.07. The fourth-order valence-electron chi connectivity index (χ4n) is 3.09. The molecule has 0 saturated carbocycles. The van der Waals surface area contributed by atoms with Gasteiger partial charge < -0.3 is 4.74 Å². The second-order valence-electron chi connectivity index (χ2n) is 6.08. The van der Waals surface area contributed by atoms with Crippen LogP contribution in [0.3, 0.4) is 0 Å². The molecular weight excluding hydrogens is 344 g/mol. The van der Waals surface area contributed by atoms with E-state index in [0.717, 1.165) is 35.5 Å². The summed E-state index contributed by atoms with van der Waals surface area (Å²) in [6.07, 6.45) is 2.87. The summed E-state index contributed by atoms with van der Waals surface area (Å²) in [5.41, 5.74) is 1.59. The van der Waals surface area contributed by atoms with Gasteiger partial charge in [-0.15, -0.1) is 11.3 Å². The molecular formula is C17H22N2O3S2. The molecule has 0 aliphatic carbocycles. The van der Waals surface area contributed by atoms with Crippen molar-refractivity contribution in [2.75, 3.05) is 13.7 Å². The highest BCUT2D eigenvalue weighted by Gasteiger charge is 2.33. The Morgan fingerprint density at radius 1 is 1.33 bits per heavy atom. The van der Waals surface area contributed by atoms with Gasteiger partial charge in [0.05, 0.1) is 17.8 Å². The van der Waals surface area contributed by atoms with Gasteiger partial charge >= 0.3 is 0 Å². The number of nitrogens with zero attached hydrogens (tertiary/aromatic N) is 2. The SMILES string of the molecule is COc1ccc(-c2csc(C)n2)cc1S(=O)(=O)N1CCCC[C@H]1C. The van der Waals surface area contributed by atoms with E-state index in [-0.39, 0.29) is 10.9 Å². The highest BCUT2D eigenvalue weighted by molar-refractivity contribution is 7.89. The van der Waals surface area contributed by atoms with Crippen molar-refractivity contribution in [1.29, 1.82) is 0 Å². The van der Waals surface area contributed by atoms with Crippen LogP contribution in [0.25, 0.3) is 11.3 Å². The Bertz CT molecular complexity index is 830. The summed E-state index contributed by atoms with van der Waals surface area (Å²) in [7, 11) is -2.09. The van der Waals surface area contributed by atoms with Crippen LogP contribution in [0.1, 0.15) is 31.2 Å². The highest BCUT2D eigenvalue weighted by Crippen LogP contribution is 2.34. The van der Waals surface area contributed by atoms with E-state index in [4.69, 9.17) is 4.74 Å². The smallest absolute Gasteiger partial charge is 0.247 e. The predicted molar refractivity (Wildman–Crippen MR) is 96.0 cm³/mol. The van der Waals surface area contributed by atoms with Crippen LogP contribution in [0.15, 0.2) is 28.5 Å². The van der Waals surface area contributed by atoms with Gasteiger partial charge in [0.15, 0.2) is 0 Å². The third-order valence-electron chi connectivity index (χ3n) is 4.41. The zero-order valence-corrected chi connectivity index (χ0v) is 15.8. The molecule has 2 aromatic rings. The summed E-state index contributed by atoms with van der Waals surface area (Å²) >= 11 is 1.55. The number of hydrogen-bond acceptors (Lipinski definition) is 5. The van der Waals surface area contributed by atoms with E-state index in [1.54, 1.807) is 27.8 Å². The number of sulfonamides is 1. The third kappa shape index (κ3) is 3.20. The average molecular weight is 367 g/mol. The lowest BCUT2D eigenvalue weighted by Gasteiger charge is -2.32. The standard InChI is InChI=1S/C17H22N2O3S2/c1-12-6-4-5-9-19(12)24(20,21)17-10-14(7-8-16(17)22-3)15-11-23-13(2)18-15/h7-8,10-12H,4-6,9H2,1-3H3/t12-/m1/s1. The Hall–Kier alpha value is -1.44. The zero-order chi connectivity index (χ0) is 17.3. The Morgan fingerprint density at radius 2 is 2.12 bits per heavy atom. The van der Waals surface area contributed by atoms with Crippen molar-refractivity contribution in [3.8, 4) is 17.0 Å². The number of benzene rings is 1. The van der Waals surface area contributed by atoms with Gasteiger partial charge in [0.25, 0.3) is 0 Å². The molecule has 24 heavy (non-hydrogen) atoms. The van der Waals surface area contributed by atoms with Crippen molar-refractivity contribution < 1.29 is 13.2 Å². The van der Waals surface area contributed by atoms with E-state index >= 15 is 0 Å². The van der Waals surface area contributed by atoms with Crippen molar-refractivity contribution in [1.82, 2.24) is 9.29 Å². The molecule has 2 heterocycles. The molecule has 0 unspecified atom stereocenters. The summed E-state index contributed by atoms with van der Waals surface area (Å²) in [6, 6.07) is 5.26. The van der Waals surface area contributed by atoms with Crippen molar-refractivity contribution in [2.24, 2.45) is 0 Å². The van der Waals surface area contributed by atoms with Gasteiger partial charge in [-0.3, -0.25) is 0 Å². The van der Waals surface area contributed by atoms with E-state index in [9.17, 15) is 8.42 Å². The Morgan fingerprint density at radius 3 is 2.75 bits per heavy atom. The van der Waals surface area contributed by atoms with Crippen LogP contribution in [0.4, 0.5) is 0 Å². The van der Waals surface area contributed by atoms with E-state index in [1.165, 1.54) is 7.11 Å². The van der Waals surface area contributed by atoms with E-state index in [2.05, 4.69) is 4.98 Å². The van der Waals surface area contributed by atoms with Gasteiger partial charge in [-0.25, -0.2) is 13.4 Å². The van der Waals surface area contributed by atoms with Crippen LogP contribution in [0, 0.1) is 6.92 Å². The topological polar surface area (TPSA) is 59.5 Å². The molecule has 0 amide bonds. The minimum atomic E-state index is -3.59. The van der Waals surface area contributed by atoms with Crippen molar-refractivity contribution >= 4 is 21.4 Å².